The van der Waals surface area contributed by atoms with Gasteiger partial charge in [-0.15, -0.1) is 0 Å². The lowest BCUT2D eigenvalue weighted by molar-refractivity contribution is 0.0600. The van der Waals surface area contributed by atoms with Gasteiger partial charge in [0.25, 0.3) is 0 Å². The topological polar surface area (TPSA) is 52.3 Å². The minimum atomic E-state index is -0.397. The third kappa shape index (κ3) is 3.43. The number of benzene rings is 2. The molecule has 0 aliphatic carbocycles. The summed E-state index contributed by atoms with van der Waals surface area (Å²) in [7, 11) is 1.34. The first kappa shape index (κ1) is 13.8. The molecule has 2 aromatic rings. The summed E-state index contributed by atoms with van der Waals surface area (Å²) in [5.74, 6) is -0.397. The predicted octanol–water partition coefficient (Wildman–Crippen LogP) is 3.86. The number of nitrogen functional groups attached to an aromatic ring is 1. The van der Waals surface area contributed by atoms with Crippen molar-refractivity contribution in [3.05, 3.63) is 53.1 Å². The number of methoxy groups -OCH3 is 1. The number of hydrogen-bond donors (Lipinski definition) is 1. The van der Waals surface area contributed by atoms with Gasteiger partial charge < -0.3 is 10.5 Å². The van der Waals surface area contributed by atoms with Crippen LogP contribution < -0.4 is 5.73 Å². The largest absolute Gasteiger partial charge is 0.465 e. The first-order valence-corrected chi connectivity index (χ1v) is 6.71. The Bertz CT molecular complexity index is 599. The second-order valence-electron chi connectivity index (χ2n) is 3.81. The molecule has 0 fully saturated rings. The van der Waals surface area contributed by atoms with Crippen LogP contribution in [0.4, 0.5) is 5.69 Å². The quantitative estimate of drug-likeness (QED) is 0.689. The van der Waals surface area contributed by atoms with Crippen molar-refractivity contribution in [2.75, 3.05) is 12.8 Å². The highest BCUT2D eigenvalue weighted by Crippen LogP contribution is 2.34. The van der Waals surface area contributed by atoms with E-state index in [2.05, 4.69) is 4.74 Å². The molecule has 5 heteroatoms. The lowest BCUT2D eigenvalue weighted by Crippen LogP contribution is -2.00. The molecule has 0 unspecified atom stereocenters. The molecule has 0 bridgehead atoms. The van der Waals surface area contributed by atoms with Crippen molar-refractivity contribution in [2.24, 2.45) is 0 Å². The van der Waals surface area contributed by atoms with Crippen LogP contribution in [0.1, 0.15) is 10.4 Å². The molecule has 0 spiro atoms. The summed E-state index contributed by atoms with van der Waals surface area (Å²) < 4.78 is 4.64. The molecule has 0 aromatic heterocycles. The monoisotopic (exact) mass is 293 g/mol. The number of halogens is 1. The first-order valence-electron chi connectivity index (χ1n) is 5.51. The highest BCUT2D eigenvalue weighted by atomic mass is 35.5. The summed E-state index contributed by atoms with van der Waals surface area (Å²) in [5, 5.41) is 0.518. The van der Waals surface area contributed by atoms with Gasteiger partial charge in [-0.25, -0.2) is 4.79 Å². The molecule has 2 aromatic carbocycles. The van der Waals surface area contributed by atoms with Gasteiger partial charge in [-0.3, -0.25) is 0 Å². The first-order chi connectivity index (χ1) is 9.10. The number of carbonyl (C=O) groups excluding carboxylic acids is 1. The van der Waals surface area contributed by atoms with Gasteiger partial charge in [-0.05, 0) is 42.5 Å². The number of nitrogens with two attached hydrogens (primary N) is 1. The van der Waals surface area contributed by atoms with Crippen molar-refractivity contribution in [1.82, 2.24) is 0 Å². The Labute approximate surface area is 120 Å². The Morgan fingerprint density at radius 1 is 1.21 bits per heavy atom. The van der Waals surface area contributed by atoms with Crippen molar-refractivity contribution in [2.45, 2.75) is 9.79 Å². The number of carbonyl (C=O) groups is 1. The summed E-state index contributed by atoms with van der Waals surface area (Å²) in [6.07, 6.45) is 0. The fourth-order valence-corrected chi connectivity index (χ4v) is 2.61. The maximum absolute atomic E-state index is 11.4. The molecule has 2 rings (SSSR count). The molecule has 3 nitrogen and oxygen atoms in total. The third-order valence-electron chi connectivity index (χ3n) is 2.46. The number of hydrogen-bond acceptors (Lipinski definition) is 4. The van der Waals surface area contributed by atoms with Crippen LogP contribution >= 0.6 is 23.4 Å². The van der Waals surface area contributed by atoms with Crippen molar-refractivity contribution < 1.29 is 9.53 Å². The van der Waals surface area contributed by atoms with Gasteiger partial charge in [0.2, 0.25) is 0 Å². The van der Waals surface area contributed by atoms with Crippen LogP contribution in [0.15, 0.2) is 52.3 Å². The van der Waals surface area contributed by atoms with Crippen molar-refractivity contribution in [1.29, 1.82) is 0 Å². The Kier molecular flexibility index (Phi) is 4.35. The zero-order valence-corrected chi connectivity index (χ0v) is 11.8. The highest BCUT2D eigenvalue weighted by molar-refractivity contribution is 7.99. The van der Waals surface area contributed by atoms with Crippen LogP contribution in [-0.2, 0) is 4.74 Å². The molecular formula is C14H12ClNO2S. The zero-order valence-electron chi connectivity index (χ0n) is 10.2. The number of ether oxygens (including phenoxy) is 1. The molecule has 0 saturated carbocycles. The van der Waals surface area contributed by atoms with Crippen molar-refractivity contribution in [3.8, 4) is 0 Å². The molecular weight excluding hydrogens is 282 g/mol. The van der Waals surface area contributed by atoms with Crippen LogP contribution in [0.2, 0.25) is 5.02 Å². The van der Waals surface area contributed by atoms with E-state index in [1.807, 2.05) is 24.3 Å². The average Bonchev–Trinajstić information content (AvgIpc) is 2.42. The van der Waals surface area contributed by atoms with Gasteiger partial charge in [-0.1, -0.05) is 23.4 Å². The lowest BCUT2D eigenvalue weighted by atomic mass is 10.2. The molecule has 0 saturated heterocycles. The number of anilines is 1. The van der Waals surface area contributed by atoms with E-state index in [9.17, 15) is 4.79 Å². The lowest BCUT2D eigenvalue weighted by Gasteiger charge is -2.06. The van der Waals surface area contributed by atoms with E-state index < -0.39 is 5.97 Å². The van der Waals surface area contributed by atoms with Gasteiger partial charge in [-0.2, -0.15) is 0 Å². The summed E-state index contributed by atoms with van der Waals surface area (Å²) in [5.41, 5.74) is 6.79. The van der Waals surface area contributed by atoms with E-state index in [0.29, 0.717) is 10.6 Å². The minimum Gasteiger partial charge on any atom is -0.465 e. The Hall–Kier alpha value is -1.65. The smallest absolute Gasteiger partial charge is 0.337 e. The molecule has 0 aliphatic rings. The SMILES string of the molecule is COC(=O)c1ccc(Sc2ccc(N)cc2)c(Cl)c1. The van der Waals surface area contributed by atoms with Crippen molar-refractivity contribution in [3.63, 3.8) is 0 Å². The van der Waals surface area contributed by atoms with E-state index >= 15 is 0 Å². The number of esters is 1. The molecule has 0 radical (unpaired) electrons. The van der Waals surface area contributed by atoms with Gasteiger partial charge in [0, 0.05) is 15.5 Å². The van der Waals surface area contributed by atoms with E-state index in [4.69, 9.17) is 17.3 Å². The van der Waals surface area contributed by atoms with Gasteiger partial charge >= 0.3 is 5.97 Å². The average molecular weight is 294 g/mol. The normalized spacial score (nSPS) is 10.2. The number of rotatable bonds is 3. The fourth-order valence-electron chi connectivity index (χ4n) is 1.49. The molecule has 0 aliphatic heterocycles. The summed E-state index contributed by atoms with van der Waals surface area (Å²) in [6, 6.07) is 12.6. The molecule has 0 heterocycles. The summed E-state index contributed by atoms with van der Waals surface area (Å²) in [6.45, 7) is 0. The molecule has 19 heavy (non-hydrogen) atoms. The van der Waals surface area contributed by atoms with Gasteiger partial charge in [0.1, 0.15) is 0 Å². The van der Waals surface area contributed by atoms with Gasteiger partial charge in [0.05, 0.1) is 17.7 Å². The zero-order chi connectivity index (χ0) is 13.8. The van der Waals surface area contributed by atoms with Crippen molar-refractivity contribution >= 4 is 35.0 Å². The Morgan fingerprint density at radius 3 is 2.47 bits per heavy atom. The second-order valence-corrected chi connectivity index (χ2v) is 5.33. The third-order valence-corrected chi connectivity index (χ3v) is 3.97. The van der Waals surface area contributed by atoms with Crippen LogP contribution in [0.25, 0.3) is 0 Å². The van der Waals surface area contributed by atoms with E-state index in [0.717, 1.165) is 15.5 Å². The highest BCUT2D eigenvalue weighted by Gasteiger charge is 2.09. The van der Waals surface area contributed by atoms with E-state index in [1.54, 1.807) is 18.2 Å². The second kappa shape index (κ2) is 5.99. The molecule has 0 atom stereocenters. The molecule has 2 N–H and O–H groups in total. The summed E-state index contributed by atoms with van der Waals surface area (Å²) >= 11 is 7.67. The molecule has 98 valence electrons. The van der Waals surface area contributed by atoms with Crippen LogP contribution in [0.5, 0.6) is 0 Å². The van der Waals surface area contributed by atoms with E-state index in [1.165, 1.54) is 18.9 Å². The van der Waals surface area contributed by atoms with Crippen LogP contribution in [0.3, 0.4) is 0 Å². The summed E-state index contributed by atoms with van der Waals surface area (Å²) in [4.78, 5) is 13.3. The standard InChI is InChI=1S/C14H12ClNO2S/c1-18-14(17)9-2-7-13(12(15)8-9)19-11-5-3-10(16)4-6-11/h2-8H,16H2,1H3. The van der Waals surface area contributed by atoms with E-state index in [-0.39, 0.29) is 0 Å². The Balaban J connectivity index is 2.22. The molecule has 0 amide bonds. The predicted molar refractivity (Wildman–Crippen MR) is 77.8 cm³/mol. The van der Waals surface area contributed by atoms with Crippen LogP contribution in [-0.4, -0.2) is 13.1 Å². The minimum absolute atomic E-state index is 0.397. The van der Waals surface area contributed by atoms with Gasteiger partial charge in [0.15, 0.2) is 0 Å². The Morgan fingerprint density at radius 2 is 1.89 bits per heavy atom. The van der Waals surface area contributed by atoms with Crippen LogP contribution in [0, 0.1) is 0 Å². The fraction of sp³-hybridized carbons (Fsp3) is 0.0714. The maximum Gasteiger partial charge on any atom is 0.337 e. The maximum atomic E-state index is 11.4.